The highest BCUT2D eigenvalue weighted by atomic mass is 31.2. The minimum Gasteiger partial charge on any atom is -0.822 e. The van der Waals surface area contributed by atoms with Gasteiger partial charge in [0.2, 0.25) is 0 Å². The number of rotatable bonds is 0. The number of nitrogens with zero attached hydrogens (tertiary/aromatic N) is 1. The van der Waals surface area contributed by atoms with Gasteiger partial charge in [0.05, 0.1) is 0 Å². The summed E-state index contributed by atoms with van der Waals surface area (Å²) >= 11 is 0. The number of primary amides is 1. The van der Waals surface area contributed by atoms with Gasteiger partial charge in [-0.2, -0.15) is 12.8 Å². The van der Waals surface area contributed by atoms with Crippen molar-refractivity contribution in [2.75, 3.05) is 0 Å². The summed E-state index contributed by atoms with van der Waals surface area (Å²) in [6, 6.07) is -0.875. The number of hydrogen-bond donors (Lipinski definition) is 3. The van der Waals surface area contributed by atoms with Gasteiger partial charge in [0, 0.05) is 0 Å². The largest absolute Gasteiger partial charge is 0.822 e. The Labute approximate surface area is 67.1 Å². The molecule has 0 saturated carbocycles. The number of amides is 2. The summed E-state index contributed by atoms with van der Waals surface area (Å²) in [6.07, 6.45) is 0. The molecule has 0 rings (SSSR count). The highest BCUT2D eigenvalue weighted by molar-refractivity contribution is 7.40. The highest BCUT2D eigenvalue weighted by Gasteiger charge is 1.83. The Morgan fingerprint density at radius 2 is 1.42 bits per heavy atom. The molecule has 0 aliphatic heterocycles. The third-order valence-electron chi connectivity index (χ3n) is 0.239. The fraction of sp³-hybridized carbons (Fsp3) is 0. The normalized spacial score (nSPS) is 9.25. The van der Waals surface area contributed by atoms with Crippen LogP contribution in [0.3, 0.4) is 0 Å². The van der Waals surface area contributed by atoms with Gasteiger partial charge in [-0.3, -0.25) is 0 Å². The maximum absolute atomic E-state index is 9.68. The van der Waals surface area contributed by atoms with Crippen LogP contribution in [0.4, 0.5) is 4.79 Å². The van der Waals surface area contributed by atoms with Crippen LogP contribution in [0.1, 0.15) is 0 Å². The van der Waals surface area contributed by atoms with Gasteiger partial charge >= 0.3 is 6.03 Å². The number of phosphoric acid groups is 1. The van der Waals surface area contributed by atoms with Crippen LogP contribution in [0.25, 0.3) is 0 Å². The average Bonchev–Trinajstić information content (AvgIpc) is 1.52. The standard InChI is InChI=1S/C2H6N4O.H3O4P/c3-1(4)6-2(5)7;1-5(2,3)4/h(H6,3,4,5,6,7);(H3,1,2,3,4)/p-3. The smallest absolute Gasteiger partial charge is 0.341 e. The summed E-state index contributed by atoms with van der Waals surface area (Å²) in [7, 11) is -5.39. The van der Waals surface area contributed by atoms with E-state index < -0.39 is 13.9 Å². The summed E-state index contributed by atoms with van der Waals surface area (Å²) < 4.78 is 8.55. The summed E-state index contributed by atoms with van der Waals surface area (Å²) in [6.45, 7) is 0. The molecular formula is C2H6N4O5P-3. The minimum atomic E-state index is -5.39. The van der Waals surface area contributed by atoms with Gasteiger partial charge in [-0.05, 0) is 0 Å². The Kier molecular flexibility index (Phi) is 6.15. The molecule has 0 fully saturated rings. The van der Waals surface area contributed by atoms with Crippen LogP contribution in [-0.2, 0) is 4.57 Å². The topological polar surface area (TPSA) is 194 Å². The molecule has 0 radical (unpaired) electrons. The van der Waals surface area contributed by atoms with Gasteiger partial charge in [0.1, 0.15) is 0 Å². The number of nitrogens with two attached hydrogens (primary N) is 3. The Hall–Kier alpha value is -1.15. The van der Waals surface area contributed by atoms with Gasteiger partial charge in [-0.25, -0.2) is 4.79 Å². The second kappa shape index (κ2) is 5.49. The lowest BCUT2D eigenvalue weighted by Gasteiger charge is -2.36. The maximum atomic E-state index is 9.68. The first-order valence-corrected chi connectivity index (χ1v) is 3.71. The second-order valence-electron chi connectivity index (χ2n) is 1.32. The molecule has 0 aromatic carbocycles. The van der Waals surface area contributed by atoms with Crippen molar-refractivity contribution in [3.8, 4) is 0 Å². The monoisotopic (exact) mass is 197 g/mol. The van der Waals surface area contributed by atoms with E-state index in [1.54, 1.807) is 0 Å². The van der Waals surface area contributed by atoms with Crippen molar-refractivity contribution in [2.45, 2.75) is 0 Å². The highest BCUT2D eigenvalue weighted by Crippen LogP contribution is 2.03. The summed E-state index contributed by atoms with van der Waals surface area (Å²) in [5, 5.41) is 0. The van der Waals surface area contributed by atoms with Crippen LogP contribution in [0.2, 0.25) is 0 Å². The second-order valence-corrected chi connectivity index (χ2v) is 2.22. The molecule has 6 N–H and O–H groups in total. The molecule has 0 aliphatic carbocycles. The first kappa shape index (κ1) is 13.4. The van der Waals surface area contributed by atoms with E-state index in [0.29, 0.717) is 0 Å². The van der Waals surface area contributed by atoms with Crippen LogP contribution >= 0.6 is 7.82 Å². The van der Waals surface area contributed by atoms with E-state index in [2.05, 4.69) is 10.7 Å². The molecule has 0 aromatic rings. The number of guanidine groups is 1. The lowest BCUT2D eigenvalue weighted by molar-refractivity contribution is -0.432. The molecule has 0 aliphatic rings. The molecule has 9 nitrogen and oxygen atoms in total. The predicted octanol–water partition coefficient (Wildman–Crippen LogP) is -4.49. The van der Waals surface area contributed by atoms with Crippen molar-refractivity contribution in [1.82, 2.24) is 0 Å². The van der Waals surface area contributed by atoms with E-state index in [1.807, 2.05) is 0 Å². The Balaban J connectivity index is 0. The summed E-state index contributed by atoms with van der Waals surface area (Å²) in [4.78, 5) is 38.2. The molecule has 0 saturated heterocycles. The van der Waals surface area contributed by atoms with Crippen molar-refractivity contribution in [3.63, 3.8) is 0 Å². The quantitative estimate of drug-likeness (QED) is 0.197. The zero-order valence-corrected chi connectivity index (χ0v) is 6.56. The Morgan fingerprint density at radius 3 is 1.42 bits per heavy atom. The SMILES string of the molecule is NC(=O)N=C(N)N.O=P([O-])([O-])[O-]. The zero-order chi connectivity index (χ0) is 10.4. The van der Waals surface area contributed by atoms with E-state index in [-0.39, 0.29) is 5.96 Å². The number of carbonyl (C=O) groups excluding carboxylic acids is 1. The number of aliphatic imine (C=N–C) groups is 1. The Bertz CT molecular complexity index is 207. The molecule has 10 heteroatoms. The lowest BCUT2D eigenvalue weighted by Crippen LogP contribution is -2.25. The van der Waals surface area contributed by atoms with Crippen molar-refractivity contribution in [3.05, 3.63) is 0 Å². The van der Waals surface area contributed by atoms with E-state index in [1.165, 1.54) is 0 Å². The summed E-state index contributed by atoms with van der Waals surface area (Å²) in [5.74, 6) is -0.312. The molecule has 0 bridgehead atoms. The molecular weight excluding hydrogens is 191 g/mol. The fourth-order valence-corrected chi connectivity index (χ4v) is 0.127. The minimum absolute atomic E-state index is 0.312. The lowest BCUT2D eigenvalue weighted by atomic mass is 11.0. The van der Waals surface area contributed by atoms with Gasteiger partial charge in [-0.1, -0.05) is 0 Å². The van der Waals surface area contributed by atoms with Crippen LogP contribution in [0, 0.1) is 0 Å². The summed E-state index contributed by atoms with van der Waals surface area (Å²) in [5.41, 5.74) is 13.9. The van der Waals surface area contributed by atoms with Gasteiger partial charge < -0.3 is 36.4 Å². The van der Waals surface area contributed by atoms with E-state index in [9.17, 15) is 4.79 Å². The van der Waals surface area contributed by atoms with Gasteiger partial charge in [0.25, 0.3) is 0 Å². The first-order valence-electron chi connectivity index (χ1n) is 2.25. The van der Waals surface area contributed by atoms with Crippen molar-refractivity contribution < 1.29 is 24.0 Å². The molecule has 0 spiro atoms. The molecule has 0 unspecified atom stereocenters. The van der Waals surface area contributed by atoms with Gasteiger partial charge in [-0.15, -0.1) is 0 Å². The molecule has 0 atom stereocenters. The molecule has 2 amide bonds. The molecule has 0 heterocycles. The van der Waals surface area contributed by atoms with E-state index >= 15 is 0 Å². The number of carbonyl (C=O) groups is 1. The zero-order valence-electron chi connectivity index (χ0n) is 5.67. The first-order chi connectivity index (χ1) is 5.13. The van der Waals surface area contributed by atoms with Crippen molar-refractivity contribution in [1.29, 1.82) is 0 Å². The van der Waals surface area contributed by atoms with Crippen LogP contribution in [-0.4, -0.2) is 12.0 Å². The van der Waals surface area contributed by atoms with Crippen molar-refractivity contribution in [2.24, 2.45) is 22.2 Å². The maximum Gasteiger partial charge on any atom is 0.341 e. The fourth-order valence-electron chi connectivity index (χ4n) is 0.127. The molecule has 0 aromatic heterocycles. The predicted molar refractivity (Wildman–Crippen MR) is 33.0 cm³/mol. The number of urea groups is 1. The average molecular weight is 197 g/mol. The molecule has 12 heavy (non-hydrogen) atoms. The van der Waals surface area contributed by atoms with E-state index in [0.717, 1.165) is 0 Å². The van der Waals surface area contributed by atoms with Crippen LogP contribution in [0.5, 0.6) is 0 Å². The van der Waals surface area contributed by atoms with Gasteiger partial charge in [0.15, 0.2) is 5.96 Å². The third-order valence-corrected chi connectivity index (χ3v) is 0.239. The third kappa shape index (κ3) is 67.1. The Morgan fingerprint density at radius 1 is 1.17 bits per heavy atom. The number of hydrogen-bond acceptors (Lipinski definition) is 5. The van der Waals surface area contributed by atoms with E-state index in [4.69, 9.17) is 30.7 Å². The molecule has 72 valence electrons. The van der Waals surface area contributed by atoms with Crippen LogP contribution < -0.4 is 31.9 Å². The van der Waals surface area contributed by atoms with Crippen molar-refractivity contribution >= 4 is 19.8 Å². The van der Waals surface area contributed by atoms with Crippen LogP contribution in [0.15, 0.2) is 4.99 Å².